The molecule has 1 N–H and O–H groups in total. The van der Waals surface area contributed by atoms with Crippen molar-refractivity contribution in [2.24, 2.45) is 0 Å². The lowest BCUT2D eigenvalue weighted by molar-refractivity contribution is -0.393. The average molecular weight is 664 g/mol. The molecule has 266 valence electrons. The van der Waals surface area contributed by atoms with Crippen LogP contribution in [0.2, 0.25) is 0 Å². The van der Waals surface area contributed by atoms with Gasteiger partial charge in [0.25, 0.3) is 11.4 Å². The van der Waals surface area contributed by atoms with Crippen molar-refractivity contribution in [3.63, 3.8) is 0 Å². The number of unbranched alkanes of at least 4 members (excludes halogenated alkanes) is 3. The Morgan fingerprint density at radius 1 is 0.522 bits per heavy atom. The Labute approximate surface area is 271 Å². The molecule has 16 heteroatoms. The maximum Gasteiger partial charge on any atom is 0.299 e. The van der Waals surface area contributed by atoms with E-state index in [-0.39, 0.29) is 23.7 Å². The second kappa shape index (κ2) is 31.1. The molecule has 0 unspecified atom stereocenters. The molecule has 1 aromatic carbocycles. The highest BCUT2D eigenvalue weighted by Crippen LogP contribution is 2.28. The van der Waals surface area contributed by atoms with Crippen LogP contribution in [0, 0.1) is 20.2 Å². The maximum absolute atomic E-state index is 11.1. The third kappa shape index (κ3) is 24.7. The third-order valence-electron chi connectivity index (χ3n) is 6.07. The normalized spacial score (nSPS) is 11.2. The zero-order valence-corrected chi connectivity index (χ0v) is 27.2. The van der Waals surface area contributed by atoms with Crippen LogP contribution in [0.3, 0.4) is 0 Å². The highest BCUT2D eigenvalue weighted by atomic mass is 16.6. The van der Waals surface area contributed by atoms with Crippen molar-refractivity contribution < 1.29 is 52.5 Å². The number of benzene rings is 1. The highest BCUT2D eigenvalue weighted by molar-refractivity contribution is 5.65. The van der Waals surface area contributed by atoms with Gasteiger partial charge in [0.05, 0.1) is 128 Å². The number of nitrogens with zero attached hydrogens (tertiary/aromatic N) is 2. The van der Waals surface area contributed by atoms with Gasteiger partial charge in [-0.05, 0) is 12.5 Å². The van der Waals surface area contributed by atoms with E-state index in [1.165, 1.54) is 31.4 Å². The molecule has 0 aliphatic carbocycles. The molecule has 0 radical (unpaired) electrons. The summed E-state index contributed by atoms with van der Waals surface area (Å²) in [6, 6.07) is 3.44. The molecule has 0 aliphatic heterocycles. The summed E-state index contributed by atoms with van der Waals surface area (Å²) in [6.07, 6.45) is 4.84. The van der Waals surface area contributed by atoms with Gasteiger partial charge in [0.15, 0.2) is 0 Å². The van der Waals surface area contributed by atoms with E-state index in [9.17, 15) is 20.2 Å². The van der Waals surface area contributed by atoms with Gasteiger partial charge in [-0.25, -0.2) is 0 Å². The summed E-state index contributed by atoms with van der Waals surface area (Å²) in [6.45, 7) is 11.3. The molecule has 46 heavy (non-hydrogen) atoms. The van der Waals surface area contributed by atoms with Crippen LogP contribution in [0.4, 0.5) is 17.1 Å². The molecule has 0 fully saturated rings. The number of rotatable bonds is 35. The summed E-state index contributed by atoms with van der Waals surface area (Å²) in [5, 5.41) is 24.8. The zero-order valence-electron chi connectivity index (χ0n) is 27.2. The minimum absolute atomic E-state index is 0.189. The lowest BCUT2D eigenvalue weighted by atomic mass is 10.2. The van der Waals surface area contributed by atoms with Gasteiger partial charge in [0.2, 0.25) is 0 Å². The molecule has 1 aromatic rings. The number of ether oxygens (including phenoxy) is 9. The standard InChI is InChI=1S/C30H53N3O13/c1-2-3-4-5-9-38-11-13-40-15-17-42-19-21-44-23-25-46-26-24-45-22-20-43-18-16-41-14-12-39-10-8-31-29-7-6-28(32(34)35)27-30(29)33(36)37/h6-7,27,31H,2-5,8-26H2,1H3. The van der Waals surface area contributed by atoms with Crippen molar-refractivity contribution in [1.29, 1.82) is 0 Å². The van der Waals surface area contributed by atoms with Crippen LogP contribution in [-0.4, -0.2) is 135 Å². The van der Waals surface area contributed by atoms with Gasteiger partial charge in [-0.2, -0.15) is 0 Å². The van der Waals surface area contributed by atoms with Crippen LogP contribution in [0.15, 0.2) is 18.2 Å². The fourth-order valence-corrected chi connectivity index (χ4v) is 3.68. The van der Waals surface area contributed by atoms with E-state index in [0.29, 0.717) is 112 Å². The summed E-state index contributed by atoms with van der Waals surface area (Å²) in [5.41, 5.74) is -0.515. The first-order valence-electron chi connectivity index (χ1n) is 15.9. The zero-order chi connectivity index (χ0) is 33.3. The number of nitrogens with one attached hydrogen (secondary N) is 1. The van der Waals surface area contributed by atoms with Crippen LogP contribution in [-0.2, 0) is 42.6 Å². The van der Waals surface area contributed by atoms with Crippen LogP contribution >= 0.6 is 0 Å². The van der Waals surface area contributed by atoms with E-state index in [1.807, 2.05) is 0 Å². The largest absolute Gasteiger partial charge is 0.379 e. The van der Waals surface area contributed by atoms with Crippen molar-refractivity contribution in [2.45, 2.75) is 32.6 Å². The lowest BCUT2D eigenvalue weighted by Gasteiger charge is -2.09. The van der Waals surface area contributed by atoms with Gasteiger partial charge in [-0.3, -0.25) is 20.2 Å². The molecule has 0 aliphatic rings. The van der Waals surface area contributed by atoms with Crippen molar-refractivity contribution in [3.8, 4) is 0 Å². The molecule has 16 nitrogen and oxygen atoms in total. The summed E-state index contributed by atoms with van der Waals surface area (Å²) in [5.74, 6) is 0. The highest BCUT2D eigenvalue weighted by Gasteiger charge is 2.19. The fraction of sp³-hybridized carbons (Fsp3) is 0.800. The van der Waals surface area contributed by atoms with E-state index < -0.39 is 9.85 Å². The Hall–Kier alpha value is -2.54. The maximum atomic E-state index is 11.1. The monoisotopic (exact) mass is 663 g/mol. The second-order valence-electron chi connectivity index (χ2n) is 9.71. The molecule has 0 saturated heterocycles. The fourth-order valence-electron chi connectivity index (χ4n) is 3.68. The Kier molecular flexibility index (Phi) is 28.0. The van der Waals surface area contributed by atoms with E-state index in [1.54, 1.807) is 0 Å². The summed E-state index contributed by atoms with van der Waals surface area (Å²) < 4.78 is 49.1. The Morgan fingerprint density at radius 2 is 0.913 bits per heavy atom. The molecule has 0 atom stereocenters. The van der Waals surface area contributed by atoms with Crippen LogP contribution in [0.5, 0.6) is 0 Å². The topological polar surface area (TPSA) is 181 Å². The Morgan fingerprint density at radius 3 is 1.28 bits per heavy atom. The average Bonchev–Trinajstić information content (AvgIpc) is 3.05. The first-order valence-corrected chi connectivity index (χ1v) is 15.9. The van der Waals surface area contributed by atoms with Crippen molar-refractivity contribution in [3.05, 3.63) is 38.4 Å². The summed E-state index contributed by atoms with van der Waals surface area (Å²) >= 11 is 0. The van der Waals surface area contributed by atoms with E-state index in [0.717, 1.165) is 19.1 Å². The van der Waals surface area contributed by atoms with Gasteiger partial charge < -0.3 is 47.9 Å². The molecule has 0 saturated carbocycles. The molecule has 1 rings (SSSR count). The van der Waals surface area contributed by atoms with Gasteiger partial charge in [-0.1, -0.05) is 26.2 Å². The SMILES string of the molecule is CCCCCCOCCOCCOCCOCCOCCOCCOCCOCCOCCNc1ccc([N+](=O)[O-])cc1[N+](=O)[O-]. The van der Waals surface area contributed by atoms with Gasteiger partial charge in [0.1, 0.15) is 5.69 Å². The summed E-state index contributed by atoms with van der Waals surface area (Å²) in [7, 11) is 0. The lowest BCUT2D eigenvalue weighted by Crippen LogP contribution is -2.15. The Balaban J connectivity index is 1.74. The van der Waals surface area contributed by atoms with Crippen LogP contribution in [0.25, 0.3) is 0 Å². The van der Waals surface area contributed by atoms with Crippen molar-refractivity contribution in [2.75, 3.05) is 131 Å². The number of anilines is 1. The number of hydrogen-bond acceptors (Lipinski definition) is 14. The second-order valence-corrected chi connectivity index (χ2v) is 9.71. The van der Waals surface area contributed by atoms with E-state index >= 15 is 0 Å². The molecular weight excluding hydrogens is 610 g/mol. The summed E-state index contributed by atoms with van der Waals surface area (Å²) in [4.78, 5) is 20.6. The van der Waals surface area contributed by atoms with Gasteiger partial charge in [0, 0.05) is 19.2 Å². The van der Waals surface area contributed by atoms with Crippen LogP contribution < -0.4 is 5.32 Å². The van der Waals surface area contributed by atoms with Crippen molar-refractivity contribution in [1.82, 2.24) is 0 Å². The molecule has 0 amide bonds. The smallest absolute Gasteiger partial charge is 0.299 e. The molecule has 0 aromatic heterocycles. The number of non-ortho nitro benzene ring substituents is 1. The minimum Gasteiger partial charge on any atom is -0.379 e. The quantitative estimate of drug-likeness (QED) is 0.0631. The first kappa shape index (κ1) is 41.5. The number of nitro groups is 2. The Bertz CT molecular complexity index is 882. The van der Waals surface area contributed by atoms with Crippen LogP contribution in [0.1, 0.15) is 32.6 Å². The predicted octanol–water partition coefficient (Wildman–Crippen LogP) is 3.64. The minimum atomic E-state index is -0.679. The molecular formula is C30H53N3O13. The molecule has 0 heterocycles. The molecule has 0 spiro atoms. The van der Waals surface area contributed by atoms with E-state index in [2.05, 4.69) is 12.2 Å². The predicted molar refractivity (Wildman–Crippen MR) is 170 cm³/mol. The third-order valence-corrected chi connectivity index (χ3v) is 6.07. The number of nitro benzene ring substituents is 2. The first-order chi connectivity index (χ1) is 22.6. The molecule has 0 bridgehead atoms. The van der Waals surface area contributed by atoms with Gasteiger partial charge in [-0.15, -0.1) is 0 Å². The van der Waals surface area contributed by atoms with E-state index in [4.69, 9.17) is 42.6 Å². The van der Waals surface area contributed by atoms with Crippen molar-refractivity contribution >= 4 is 17.1 Å². The number of hydrogen-bond donors (Lipinski definition) is 1. The van der Waals surface area contributed by atoms with Gasteiger partial charge >= 0.3 is 0 Å².